The van der Waals surface area contributed by atoms with Crippen molar-refractivity contribution in [3.63, 3.8) is 0 Å². The fourth-order valence-electron chi connectivity index (χ4n) is 3.80. The average molecular weight is 360 g/mol. The molecule has 0 saturated carbocycles. The molecule has 0 bridgehead atoms. The number of H-pyrrole nitrogens is 1. The second kappa shape index (κ2) is 7.74. The summed E-state index contributed by atoms with van der Waals surface area (Å²) in [4.78, 5) is 19.4. The molecule has 0 radical (unpaired) electrons. The van der Waals surface area contributed by atoms with Crippen molar-refractivity contribution < 1.29 is 4.79 Å². The third kappa shape index (κ3) is 4.08. The Morgan fingerprint density at radius 1 is 1.22 bits per heavy atom. The van der Waals surface area contributed by atoms with Crippen LogP contribution in [-0.4, -0.2) is 39.1 Å². The predicted molar refractivity (Wildman–Crippen MR) is 105 cm³/mol. The number of aromatic amines is 1. The van der Waals surface area contributed by atoms with Gasteiger partial charge in [0.1, 0.15) is 5.69 Å². The molecule has 1 aromatic carbocycles. The molecule has 0 unspecified atom stereocenters. The molecule has 1 aliphatic rings. The highest BCUT2D eigenvalue weighted by molar-refractivity contribution is 5.92. The zero-order chi connectivity index (χ0) is 18.6. The highest BCUT2D eigenvalue weighted by Crippen LogP contribution is 2.27. The van der Waals surface area contributed by atoms with E-state index in [4.69, 9.17) is 4.98 Å². The van der Waals surface area contributed by atoms with Crippen LogP contribution in [0.2, 0.25) is 0 Å². The zero-order valence-electron chi connectivity index (χ0n) is 15.6. The molecule has 5 nitrogen and oxygen atoms in total. The lowest BCUT2D eigenvalue weighted by Crippen LogP contribution is -2.39. The van der Waals surface area contributed by atoms with E-state index in [9.17, 15) is 4.79 Å². The Balaban J connectivity index is 1.48. The summed E-state index contributed by atoms with van der Waals surface area (Å²) >= 11 is 0. The van der Waals surface area contributed by atoms with Gasteiger partial charge in [-0.05, 0) is 43.5 Å². The monoisotopic (exact) mass is 360 g/mol. The van der Waals surface area contributed by atoms with Crippen LogP contribution in [0.1, 0.15) is 51.8 Å². The van der Waals surface area contributed by atoms with Crippen LogP contribution in [0.5, 0.6) is 0 Å². The molecule has 1 saturated heterocycles. The Morgan fingerprint density at radius 2 is 2.11 bits per heavy atom. The molecule has 0 spiro atoms. The van der Waals surface area contributed by atoms with E-state index < -0.39 is 0 Å². The van der Waals surface area contributed by atoms with Gasteiger partial charge in [0.05, 0.1) is 0 Å². The zero-order valence-corrected chi connectivity index (χ0v) is 15.6. The maximum Gasteiger partial charge on any atom is 0.271 e. The summed E-state index contributed by atoms with van der Waals surface area (Å²) < 4.78 is 0. The van der Waals surface area contributed by atoms with E-state index in [0.29, 0.717) is 12.2 Å². The first-order valence-corrected chi connectivity index (χ1v) is 9.49. The van der Waals surface area contributed by atoms with Gasteiger partial charge < -0.3 is 4.90 Å². The normalized spacial score (nSPS) is 17.1. The number of nitrogens with zero attached hydrogens (tertiary/aromatic N) is 3. The molecule has 1 atom stereocenters. The Kier molecular flexibility index (Phi) is 5.01. The molecular formula is C22H24N4O. The van der Waals surface area contributed by atoms with E-state index in [1.807, 2.05) is 4.90 Å². The molecule has 5 heteroatoms. The number of likely N-dealkylation sites (tertiary alicyclic amines) is 1. The fraction of sp³-hybridized carbons (Fsp3) is 0.318. The number of carbonyl (C=O) groups is 1. The topological polar surface area (TPSA) is 61.9 Å². The summed E-state index contributed by atoms with van der Waals surface area (Å²) in [6.07, 6.45) is 4.51. The first-order chi connectivity index (χ1) is 13.2. The van der Waals surface area contributed by atoms with E-state index >= 15 is 0 Å². The minimum atomic E-state index is 0.0214. The molecule has 1 N–H and O–H groups in total. The Morgan fingerprint density at radius 3 is 2.93 bits per heavy atom. The number of hydrogen-bond donors (Lipinski definition) is 1. The number of rotatable bonds is 4. The van der Waals surface area contributed by atoms with Crippen molar-refractivity contribution >= 4 is 5.91 Å². The molecule has 27 heavy (non-hydrogen) atoms. The standard InChI is InChI=1S/C22H24N4O/c1-16-5-2-6-17(13-16)14-19-8-3-9-20(24-19)18-7-4-12-26(15-18)22(27)21-10-11-23-25-21/h2-3,5-6,8-11,13,18H,4,7,12,14-15H2,1H3,(H,23,25)/t18-/m0/s1. The minimum Gasteiger partial charge on any atom is -0.337 e. The van der Waals surface area contributed by atoms with Crippen LogP contribution in [0, 0.1) is 6.92 Å². The fourth-order valence-corrected chi connectivity index (χ4v) is 3.80. The van der Waals surface area contributed by atoms with E-state index in [0.717, 1.165) is 37.2 Å². The first kappa shape index (κ1) is 17.5. The van der Waals surface area contributed by atoms with Crippen LogP contribution in [0.3, 0.4) is 0 Å². The Hall–Kier alpha value is -2.95. The highest BCUT2D eigenvalue weighted by atomic mass is 16.2. The maximum atomic E-state index is 12.6. The van der Waals surface area contributed by atoms with Crippen molar-refractivity contribution in [2.24, 2.45) is 0 Å². The van der Waals surface area contributed by atoms with Crippen LogP contribution >= 0.6 is 0 Å². The highest BCUT2D eigenvalue weighted by Gasteiger charge is 2.26. The van der Waals surface area contributed by atoms with Crippen molar-refractivity contribution in [1.82, 2.24) is 20.1 Å². The third-order valence-electron chi connectivity index (χ3n) is 5.15. The van der Waals surface area contributed by atoms with E-state index in [1.165, 1.54) is 11.1 Å². The lowest BCUT2D eigenvalue weighted by Gasteiger charge is -2.32. The number of piperidine rings is 1. The molecule has 138 valence electrons. The third-order valence-corrected chi connectivity index (χ3v) is 5.15. The molecule has 3 heterocycles. The second-order valence-corrected chi connectivity index (χ2v) is 7.28. The number of aryl methyl sites for hydroxylation is 1. The summed E-state index contributed by atoms with van der Waals surface area (Å²) in [6, 6.07) is 16.5. The molecule has 4 rings (SSSR count). The first-order valence-electron chi connectivity index (χ1n) is 9.49. The van der Waals surface area contributed by atoms with Gasteiger partial charge in [0.25, 0.3) is 5.91 Å². The lowest BCUT2D eigenvalue weighted by atomic mass is 9.93. The average Bonchev–Trinajstić information content (AvgIpc) is 3.23. The van der Waals surface area contributed by atoms with E-state index in [2.05, 4.69) is 59.6 Å². The van der Waals surface area contributed by atoms with Gasteiger partial charge in [0, 0.05) is 43.0 Å². The van der Waals surface area contributed by atoms with Crippen molar-refractivity contribution in [1.29, 1.82) is 0 Å². The number of amides is 1. The van der Waals surface area contributed by atoms with Gasteiger partial charge in [0.15, 0.2) is 0 Å². The number of pyridine rings is 1. The molecule has 3 aromatic rings. The lowest BCUT2D eigenvalue weighted by molar-refractivity contribution is 0.0700. The number of nitrogens with one attached hydrogen (secondary N) is 1. The van der Waals surface area contributed by atoms with Gasteiger partial charge in [-0.2, -0.15) is 5.10 Å². The maximum absolute atomic E-state index is 12.6. The smallest absolute Gasteiger partial charge is 0.271 e. The molecule has 1 fully saturated rings. The Bertz CT molecular complexity index is 920. The van der Waals surface area contributed by atoms with Gasteiger partial charge in [0.2, 0.25) is 0 Å². The second-order valence-electron chi connectivity index (χ2n) is 7.28. The molecular weight excluding hydrogens is 336 g/mol. The quantitative estimate of drug-likeness (QED) is 0.771. The molecule has 2 aromatic heterocycles. The number of aromatic nitrogens is 3. The van der Waals surface area contributed by atoms with E-state index in [-0.39, 0.29) is 11.8 Å². The molecule has 1 amide bonds. The van der Waals surface area contributed by atoms with E-state index in [1.54, 1.807) is 12.3 Å². The van der Waals surface area contributed by atoms with Gasteiger partial charge in [-0.15, -0.1) is 0 Å². The largest absolute Gasteiger partial charge is 0.337 e. The van der Waals surface area contributed by atoms with Gasteiger partial charge in [-0.3, -0.25) is 14.9 Å². The predicted octanol–water partition coefficient (Wildman–Crippen LogP) is 3.72. The summed E-state index contributed by atoms with van der Waals surface area (Å²) in [5.74, 6) is 0.302. The minimum absolute atomic E-state index is 0.0214. The molecule has 1 aliphatic heterocycles. The molecule has 0 aliphatic carbocycles. The van der Waals surface area contributed by atoms with Crippen molar-refractivity contribution in [2.45, 2.75) is 32.1 Å². The van der Waals surface area contributed by atoms with Crippen LogP contribution < -0.4 is 0 Å². The Labute approximate surface area is 159 Å². The summed E-state index contributed by atoms with van der Waals surface area (Å²) in [5.41, 5.74) is 5.26. The van der Waals surface area contributed by atoms with Gasteiger partial charge in [-0.1, -0.05) is 35.9 Å². The van der Waals surface area contributed by atoms with Crippen molar-refractivity contribution in [2.75, 3.05) is 13.1 Å². The van der Waals surface area contributed by atoms with Crippen LogP contribution in [0.15, 0.2) is 54.7 Å². The van der Waals surface area contributed by atoms with Crippen LogP contribution in [0.4, 0.5) is 0 Å². The van der Waals surface area contributed by atoms with Gasteiger partial charge in [-0.25, -0.2) is 0 Å². The summed E-state index contributed by atoms with van der Waals surface area (Å²) in [7, 11) is 0. The van der Waals surface area contributed by atoms with Gasteiger partial charge >= 0.3 is 0 Å². The summed E-state index contributed by atoms with van der Waals surface area (Å²) in [6.45, 7) is 3.61. The number of benzene rings is 1. The van der Waals surface area contributed by atoms with Crippen molar-refractivity contribution in [3.05, 3.63) is 82.9 Å². The number of carbonyl (C=O) groups excluding carboxylic acids is 1. The number of hydrogen-bond acceptors (Lipinski definition) is 3. The SMILES string of the molecule is Cc1cccc(Cc2cccc([C@H]3CCCN(C(=O)c4ccn[nH]4)C3)n2)c1. The van der Waals surface area contributed by atoms with Crippen LogP contribution in [0.25, 0.3) is 0 Å². The summed E-state index contributed by atoms with van der Waals surface area (Å²) in [5, 5.41) is 6.66. The van der Waals surface area contributed by atoms with Crippen molar-refractivity contribution in [3.8, 4) is 0 Å². The van der Waals surface area contributed by atoms with Crippen LogP contribution in [-0.2, 0) is 6.42 Å².